The summed E-state index contributed by atoms with van der Waals surface area (Å²) in [4.78, 5) is 0. The van der Waals surface area contributed by atoms with Crippen LogP contribution in [0.5, 0.6) is 5.75 Å². The smallest absolute Gasteiger partial charge is 0.504 e. The van der Waals surface area contributed by atoms with Crippen molar-refractivity contribution in [1.29, 1.82) is 0 Å². The number of rotatable bonds is 3. The highest BCUT2D eigenvalue weighted by atomic mass is 16.5. The average Bonchev–Trinajstić information content (AvgIpc) is 2.06. The molecule has 0 amide bonds. The maximum Gasteiger partial charge on any atom is 0.504 e. The van der Waals surface area contributed by atoms with Crippen LogP contribution < -0.4 is 10.1 Å². The Morgan fingerprint density at radius 3 is 2.17 bits per heavy atom. The largest absolute Gasteiger partial charge is 0.539 e. The number of hydrogen-bond acceptors (Lipinski definition) is 4. The van der Waals surface area contributed by atoms with E-state index in [1.54, 1.807) is 12.1 Å². The van der Waals surface area contributed by atoms with Crippen LogP contribution in [0.1, 0.15) is 0 Å². The van der Waals surface area contributed by atoms with E-state index < -0.39 is 7.12 Å². The lowest BCUT2D eigenvalue weighted by molar-refractivity contribution is 0.425. The number of benzene rings is 1. The summed E-state index contributed by atoms with van der Waals surface area (Å²) in [6.45, 7) is 0. The fourth-order valence-corrected chi connectivity index (χ4v) is 0.811. The Morgan fingerprint density at radius 1 is 1.17 bits per heavy atom. The lowest BCUT2D eigenvalue weighted by Gasteiger charge is -2.02. The molecule has 0 aliphatic heterocycles. The van der Waals surface area contributed by atoms with Gasteiger partial charge >= 0.3 is 14.8 Å². The van der Waals surface area contributed by atoms with E-state index in [9.17, 15) is 0 Å². The fourth-order valence-electron chi connectivity index (χ4n) is 0.811. The molecule has 0 saturated heterocycles. The quantitative estimate of drug-likeness (QED) is 0.454. The van der Waals surface area contributed by atoms with Crippen molar-refractivity contribution in [2.45, 2.75) is 0 Å². The summed E-state index contributed by atoms with van der Waals surface area (Å²) in [6.07, 6.45) is 0. The second-order valence-electron chi connectivity index (χ2n) is 2.22. The third-order valence-electron chi connectivity index (χ3n) is 1.41. The molecule has 0 fully saturated rings. The Hall–Kier alpha value is -0.970. The minimum Gasteiger partial charge on any atom is -0.539 e. The zero-order valence-electron chi connectivity index (χ0n) is 6.34. The van der Waals surface area contributed by atoms with Gasteiger partial charge in [-0.3, -0.25) is 0 Å². The zero-order valence-corrected chi connectivity index (χ0v) is 6.34. The van der Waals surface area contributed by atoms with E-state index in [2.05, 4.69) is 0 Å². The summed E-state index contributed by atoms with van der Waals surface area (Å²) < 4.78 is 4.73. The fraction of sp³-hybridized carbons (Fsp3) is 0. The Bertz CT molecular complexity index is 236. The van der Waals surface area contributed by atoms with Gasteiger partial charge in [0.2, 0.25) is 0 Å². The van der Waals surface area contributed by atoms with E-state index in [1.807, 2.05) is 0 Å². The van der Waals surface area contributed by atoms with Crippen LogP contribution in [0.2, 0.25) is 0 Å². The SMILES string of the molecule is OBOc1ccc(B(O)O)cc1. The average molecular weight is 166 g/mol. The summed E-state index contributed by atoms with van der Waals surface area (Å²) in [5.41, 5.74) is 0.389. The van der Waals surface area contributed by atoms with Gasteiger partial charge in [0.25, 0.3) is 0 Å². The first-order valence-corrected chi connectivity index (χ1v) is 3.44. The second kappa shape index (κ2) is 4.15. The predicted octanol–water partition coefficient (Wildman–Crippen LogP) is -2.00. The third kappa shape index (κ3) is 2.27. The van der Waals surface area contributed by atoms with Crippen LogP contribution in [-0.2, 0) is 0 Å². The molecule has 1 rings (SSSR count). The summed E-state index contributed by atoms with van der Waals surface area (Å²) >= 11 is 0. The van der Waals surface area contributed by atoms with Gasteiger partial charge in [-0.15, -0.1) is 0 Å². The van der Waals surface area contributed by atoms with Gasteiger partial charge in [0.15, 0.2) is 0 Å². The van der Waals surface area contributed by atoms with Gasteiger partial charge in [0.1, 0.15) is 5.75 Å². The molecule has 0 radical (unpaired) electrons. The molecule has 1 aromatic carbocycles. The molecule has 4 nitrogen and oxygen atoms in total. The van der Waals surface area contributed by atoms with Crippen LogP contribution in [0.25, 0.3) is 0 Å². The maximum absolute atomic E-state index is 8.71. The third-order valence-corrected chi connectivity index (χ3v) is 1.41. The molecule has 0 unspecified atom stereocenters. The molecule has 0 heterocycles. The molecule has 0 bridgehead atoms. The molecule has 0 aromatic heterocycles. The molecule has 6 heteroatoms. The Morgan fingerprint density at radius 2 is 1.75 bits per heavy atom. The van der Waals surface area contributed by atoms with Gasteiger partial charge < -0.3 is 19.7 Å². The number of hydrogen-bond donors (Lipinski definition) is 3. The molecular formula is C6H8B2O4. The lowest BCUT2D eigenvalue weighted by atomic mass is 9.80. The molecule has 62 valence electrons. The standard InChI is InChI=1S/C6H8B2O4/c9-7-12-6-3-1-5(2-4-6)8(10)11/h1-4,7,9-11H. The van der Waals surface area contributed by atoms with Gasteiger partial charge in [-0.2, -0.15) is 0 Å². The summed E-state index contributed by atoms with van der Waals surface area (Å²) in [6, 6.07) is 6.11. The molecule has 12 heavy (non-hydrogen) atoms. The molecule has 0 saturated carbocycles. The van der Waals surface area contributed by atoms with Crippen molar-refractivity contribution >= 4 is 20.3 Å². The maximum atomic E-state index is 8.71. The van der Waals surface area contributed by atoms with Gasteiger partial charge in [-0.1, -0.05) is 12.1 Å². The monoisotopic (exact) mass is 166 g/mol. The van der Waals surface area contributed by atoms with Crippen LogP contribution in [0.4, 0.5) is 0 Å². The van der Waals surface area contributed by atoms with Gasteiger partial charge in [-0.25, -0.2) is 0 Å². The van der Waals surface area contributed by atoms with Gasteiger partial charge in [0, 0.05) is 0 Å². The first kappa shape index (κ1) is 9.12. The highest BCUT2D eigenvalue weighted by molar-refractivity contribution is 6.58. The van der Waals surface area contributed by atoms with Crippen molar-refractivity contribution in [3.05, 3.63) is 24.3 Å². The Labute approximate surface area is 70.9 Å². The molecule has 0 atom stereocenters. The molecule has 0 aliphatic rings. The molecule has 1 aromatic rings. The van der Waals surface area contributed by atoms with E-state index >= 15 is 0 Å². The van der Waals surface area contributed by atoms with Gasteiger partial charge in [0.05, 0.1) is 0 Å². The summed E-state index contributed by atoms with van der Waals surface area (Å²) in [7, 11) is -1.85. The van der Waals surface area contributed by atoms with E-state index in [-0.39, 0.29) is 7.69 Å². The van der Waals surface area contributed by atoms with Crippen molar-refractivity contribution in [3.63, 3.8) is 0 Å². The van der Waals surface area contributed by atoms with E-state index in [0.29, 0.717) is 11.2 Å². The first-order valence-electron chi connectivity index (χ1n) is 3.44. The zero-order chi connectivity index (χ0) is 8.97. The molecule has 0 spiro atoms. The van der Waals surface area contributed by atoms with Gasteiger partial charge in [-0.05, 0) is 17.6 Å². The molecular weight excluding hydrogens is 158 g/mol. The Balaban J connectivity index is 2.71. The summed E-state index contributed by atoms with van der Waals surface area (Å²) in [5.74, 6) is 0.488. The van der Waals surface area contributed by atoms with E-state index in [4.69, 9.17) is 19.7 Å². The predicted molar refractivity (Wildman–Crippen MR) is 46.3 cm³/mol. The molecule has 0 aliphatic carbocycles. The van der Waals surface area contributed by atoms with Crippen LogP contribution in [0.3, 0.4) is 0 Å². The highest BCUT2D eigenvalue weighted by Crippen LogP contribution is 2.05. The van der Waals surface area contributed by atoms with Crippen LogP contribution >= 0.6 is 0 Å². The van der Waals surface area contributed by atoms with E-state index in [0.717, 1.165) is 0 Å². The van der Waals surface area contributed by atoms with Crippen LogP contribution in [-0.4, -0.2) is 29.9 Å². The van der Waals surface area contributed by atoms with Crippen LogP contribution in [0.15, 0.2) is 24.3 Å². The van der Waals surface area contributed by atoms with Crippen molar-refractivity contribution in [2.24, 2.45) is 0 Å². The Kier molecular flexibility index (Phi) is 3.16. The molecule has 3 N–H and O–H groups in total. The van der Waals surface area contributed by atoms with Crippen molar-refractivity contribution < 1.29 is 19.7 Å². The lowest BCUT2D eigenvalue weighted by Crippen LogP contribution is -2.29. The van der Waals surface area contributed by atoms with E-state index in [1.165, 1.54) is 12.1 Å². The summed E-state index contributed by atoms with van der Waals surface area (Å²) in [5, 5.41) is 25.8. The van der Waals surface area contributed by atoms with Crippen molar-refractivity contribution in [2.75, 3.05) is 0 Å². The van der Waals surface area contributed by atoms with Crippen LogP contribution in [0, 0.1) is 0 Å². The minimum absolute atomic E-state index is 0.388. The van der Waals surface area contributed by atoms with Crippen molar-refractivity contribution in [3.8, 4) is 5.75 Å². The van der Waals surface area contributed by atoms with Crippen molar-refractivity contribution in [1.82, 2.24) is 0 Å². The second-order valence-corrected chi connectivity index (χ2v) is 2.22. The highest BCUT2D eigenvalue weighted by Gasteiger charge is 2.09. The topological polar surface area (TPSA) is 69.9 Å². The normalized spacial score (nSPS) is 9.25. The first-order chi connectivity index (χ1) is 5.74. The minimum atomic E-state index is -1.46.